The van der Waals surface area contributed by atoms with Crippen LogP contribution in [0.25, 0.3) is 0 Å². The molecule has 1 aliphatic heterocycles. The van der Waals surface area contributed by atoms with E-state index in [9.17, 15) is 33.9 Å². The summed E-state index contributed by atoms with van der Waals surface area (Å²) in [6.45, 7) is 3.86. The predicted octanol–water partition coefficient (Wildman–Crippen LogP) is 1.63. The molecule has 0 spiro atoms. The first-order valence-corrected chi connectivity index (χ1v) is 12.4. The fourth-order valence-corrected chi connectivity index (χ4v) is 4.68. The normalized spacial score (nSPS) is 23.0. The van der Waals surface area contributed by atoms with E-state index in [1.54, 1.807) is 12.1 Å². The third-order valence-electron chi connectivity index (χ3n) is 6.21. The second-order valence-corrected chi connectivity index (χ2v) is 9.22. The summed E-state index contributed by atoms with van der Waals surface area (Å²) < 4.78 is 33.1. The van der Waals surface area contributed by atoms with E-state index in [0.29, 0.717) is 0 Å². The molecule has 0 unspecified atom stereocenters. The van der Waals surface area contributed by atoms with Crippen LogP contribution in [0.1, 0.15) is 59.5 Å². The fraction of sp³-hybridized carbons (Fsp3) is 0.357. The molecule has 0 bridgehead atoms. The van der Waals surface area contributed by atoms with Gasteiger partial charge in [-0.05, 0) is 12.1 Å². The Labute approximate surface area is 233 Å². The van der Waals surface area contributed by atoms with Gasteiger partial charge in [-0.1, -0.05) is 24.3 Å². The van der Waals surface area contributed by atoms with E-state index >= 15 is 0 Å². The summed E-state index contributed by atoms with van der Waals surface area (Å²) in [5.41, 5.74) is -0.426. The molecule has 4 rings (SSSR count). The summed E-state index contributed by atoms with van der Waals surface area (Å²) in [7, 11) is 0. The Morgan fingerprint density at radius 3 is 1.83 bits per heavy atom. The molecule has 0 aromatic heterocycles. The molecule has 1 aliphatic carbocycles. The zero-order valence-electron chi connectivity index (χ0n) is 22.4. The molecule has 2 aromatic rings. The average Bonchev–Trinajstić information content (AvgIpc) is 2.89. The number of ether oxygens (including phenoxy) is 6. The zero-order valence-corrected chi connectivity index (χ0v) is 22.4. The molecular weight excluding hydrogens is 544 g/mol. The number of aromatic hydroxyl groups is 1. The zero-order chi connectivity index (χ0) is 30.0. The van der Waals surface area contributed by atoms with Gasteiger partial charge in [-0.2, -0.15) is 0 Å². The van der Waals surface area contributed by atoms with Gasteiger partial charge in [0.15, 0.2) is 23.8 Å². The number of esters is 4. The van der Waals surface area contributed by atoms with Gasteiger partial charge < -0.3 is 33.5 Å². The van der Waals surface area contributed by atoms with Crippen LogP contribution in [0.3, 0.4) is 0 Å². The van der Waals surface area contributed by atoms with Crippen LogP contribution in [0.15, 0.2) is 36.4 Å². The van der Waals surface area contributed by atoms with Gasteiger partial charge in [-0.3, -0.25) is 28.8 Å². The van der Waals surface area contributed by atoms with Gasteiger partial charge in [0.1, 0.15) is 24.2 Å². The molecule has 1 saturated heterocycles. The summed E-state index contributed by atoms with van der Waals surface area (Å²) in [6, 6.07) is 8.38. The highest BCUT2D eigenvalue weighted by atomic mass is 16.7. The Hall–Kier alpha value is -4.78. The summed E-state index contributed by atoms with van der Waals surface area (Å²) in [5, 5.41) is 10.5. The maximum Gasteiger partial charge on any atom is 0.303 e. The molecule has 41 heavy (non-hydrogen) atoms. The topological polar surface area (TPSA) is 178 Å². The Kier molecular flexibility index (Phi) is 8.38. The van der Waals surface area contributed by atoms with E-state index in [0.717, 1.165) is 33.8 Å². The first kappa shape index (κ1) is 29.2. The molecule has 216 valence electrons. The number of carbonyl (C=O) groups excluding carboxylic acids is 6. The summed E-state index contributed by atoms with van der Waals surface area (Å²) in [4.78, 5) is 74.4. The van der Waals surface area contributed by atoms with Gasteiger partial charge in [-0.25, -0.2) is 0 Å². The van der Waals surface area contributed by atoms with E-state index in [1.165, 1.54) is 18.2 Å². The van der Waals surface area contributed by atoms with Crippen LogP contribution >= 0.6 is 0 Å². The third-order valence-corrected chi connectivity index (χ3v) is 6.21. The number of rotatable bonds is 7. The monoisotopic (exact) mass is 570 g/mol. The highest BCUT2D eigenvalue weighted by Gasteiger charge is 2.53. The second kappa shape index (κ2) is 11.8. The Morgan fingerprint density at radius 1 is 0.732 bits per heavy atom. The van der Waals surface area contributed by atoms with E-state index < -0.39 is 78.5 Å². The van der Waals surface area contributed by atoms with Gasteiger partial charge in [0.2, 0.25) is 12.4 Å². The largest absolute Gasteiger partial charge is 0.507 e. The van der Waals surface area contributed by atoms with E-state index in [4.69, 9.17) is 28.4 Å². The predicted molar refractivity (Wildman–Crippen MR) is 134 cm³/mol. The highest BCUT2D eigenvalue weighted by molar-refractivity contribution is 6.30. The smallest absolute Gasteiger partial charge is 0.303 e. The lowest BCUT2D eigenvalue weighted by molar-refractivity contribution is -0.288. The van der Waals surface area contributed by atoms with Crippen molar-refractivity contribution in [2.75, 3.05) is 6.61 Å². The minimum Gasteiger partial charge on any atom is -0.507 e. The molecule has 13 heteroatoms. The van der Waals surface area contributed by atoms with E-state index in [2.05, 4.69) is 0 Å². The highest BCUT2D eigenvalue weighted by Crippen LogP contribution is 2.40. The lowest BCUT2D eigenvalue weighted by Gasteiger charge is -2.44. The van der Waals surface area contributed by atoms with Crippen molar-refractivity contribution in [1.82, 2.24) is 0 Å². The molecule has 2 aliphatic rings. The van der Waals surface area contributed by atoms with Crippen molar-refractivity contribution in [1.29, 1.82) is 0 Å². The first-order valence-electron chi connectivity index (χ1n) is 12.4. The Balaban J connectivity index is 1.81. The summed E-state index contributed by atoms with van der Waals surface area (Å²) in [5.74, 6) is -5.15. The van der Waals surface area contributed by atoms with Crippen LogP contribution in [0, 0.1) is 0 Å². The van der Waals surface area contributed by atoms with Crippen LogP contribution in [-0.2, 0) is 42.9 Å². The van der Waals surface area contributed by atoms with Gasteiger partial charge in [-0.15, -0.1) is 0 Å². The third kappa shape index (κ3) is 6.04. The minimum absolute atomic E-state index is 0.0713. The Bertz CT molecular complexity index is 1430. The number of phenols is 1. The number of hydrogen-bond acceptors (Lipinski definition) is 13. The van der Waals surface area contributed by atoms with Crippen LogP contribution in [0.5, 0.6) is 11.5 Å². The molecular formula is C28H26O13. The van der Waals surface area contributed by atoms with Crippen molar-refractivity contribution in [2.45, 2.75) is 58.4 Å². The van der Waals surface area contributed by atoms with Crippen LogP contribution in [0.4, 0.5) is 0 Å². The number of ketones is 2. The molecule has 1 N–H and O–H groups in total. The first-order chi connectivity index (χ1) is 19.4. The standard InChI is InChI=1S/C28H26O13/c1-12(29)36-11-20-25(37-13(2)30)26(38-14(3)31)27(39-15(4)32)28(41-20)40-19-10-9-18(33)21-22(19)24(35)17-8-6-5-7-16(17)23(21)34/h5-10,20,25-28,33H,11H2,1-4H3/t20-,25+,26+,27-,28-/m1/s1. The van der Waals surface area contributed by atoms with Gasteiger partial charge in [0.05, 0.1) is 11.1 Å². The molecule has 1 heterocycles. The minimum atomic E-state index is -1.65. The molecule has 2 aromatic carbocycles. The lowest BCUT2D eigenvalue weighted by atomic mass is 9.83. The van der Waals surface area contributed by atoms with Crippen LogP contribution < -0.4 is 4.74 Å². The molecule has 5 atom stereocenters. The number of carbonyl (C=O) groups is 6. The van der Waals surface area contributed by atoms with Gasteiger partial charge in [0, 0.05) is 38.8 Å². The van der Waals surface area contributed by atoms with Gasteiger partial charge >= 0.3 is 23.9 Å². The molecule has 0 radical (unpaired) electrons. The Morgan fingerprint density at radius 2 is 1.27 bits per heavy atom. The maximum atomic E-state index is 13.5. The van der Waals surface area contributed by atoms with Gasteiger partial charge in [0.25, 0.3) is 0 Å². The SMILES string of the molecule is CC(=O)OC[C@H]1O[C@@H](Oc2ccc(O)c3c2C(=O)c2ccccc2C3=O)[C@H](OC(C)=O)[C@@H](OC(C)=O)[C@H]1OC(C)=O. The van der Waals surface area contributed by atoms with Crippen molar-refractivity contribution >= 4 is 35.4 Å². The molecule has 1 fully saturated rings. The van der Waals surface area contributed by atoms with Crippen molar-refractivity contribution in [2.24, 2.45) is 0 Å². The van der Waals surface area contributed by atoms with Crippen LogP contribution in [0.2, 0.25) is 0 Å². The quantitative estimate of drug-likeness (QED) is 0.320. The van der Waals surface area contributed by atoms with E-state index in [-0.39, 0.29) is 28.0 Å². The number of benzene rings is 2. The van der Waals surface area contributed by atoms with E-state index in [1.807, 2.05) is 0 Å². The number of phenolic OH excluding ortho intramolecular Hbond substituents is 1. The molecule has 0 amide bonds. The van der Waals surface area contributed by atoms with Crippen molar-refractivity contribution in [3.8, 4) is 11.5 Å². The van der Waals surface area contributed by atoms with Crippen molar-refractivity contribution in [3.05, 3.63) is 58.7 Å². The van der Waals surface area contributed by atoms with Crippen LogP contribution in [-0.4, -0.2) is 77.9 Å². The lowest BCUT2D eigenvalue weighted by Crippen LogP contribution is -2.63. The fourth-order valence-electron chi connectivity index (χ4n) is 4.68. The molecule has 0 saturated carbocycles. The average molecular weight is 571 g/mol. The summed E-state index contributed by atoms with van der Waals surface area (Å²) in [6.07, 6.45) is -7.44. The molecule has 13 nitrogen and oxygen atoms in total. The number of fused-ring (bicyclic) bond motifs is 2. The maximum absolute atomic E-state index is 13.5. The van der Waals surface area contributed by atoms with Crippen molar-refractivity contribution < 1.29 is 62.3 Å². The second-order valence-electron chi connectivity index (χ2n) is 9.22. The van der Waals surface area contributed by atoms with Crippen molar-refractivity contribution in [3.63, 3.8) is 0 Å². The number of hydrogen-bond donors (Lipinski definition) is 1. The summed E-state index contributed by atoms with van der Waals surface area (Å²) >= 11 is 0.